The van der Waals surface area contributed by atoms with Crippen LogP contribution in [0.3, 0.4) is 0 Å². The number of carboxylic acid groups (broad SMARTS) is 1. The van der Waals surface area contributed by atoms with Crippen LogP contribution in [0.2, 0.25) is 0 Å². The van der Waals surface area contributed by atoms with Gasteiger partial charge in [-0.2, -0.15) is 0 Å². The van der Waals surface area contributed by atoms with E-state index in [1.807, 2.05) is 5.32 Å². The van der Waals surface area contributed by atoms with Gasteiger partial charge in [0.1, 0.15) is 5.25 Å². The first kappa shape index (κ1) is 16.6. The van der Waals surface area contributed by atoms with Crippen molar-refractivity contribution in [2.75, 3.05) is 7.05 Å². The number of hydrogen-bond acceptors (Lipinski definition) is 5. The fraction of sp³-hybridized carbons (Fsp3) is 0.250. The quantitative estimate of drug-likeness (QED) is 0.717. The molecule has 1 aromatic rings. The average Bonchev–Trinajstić information content (AvgIpc) is 2.46. The molecule has 0 bridgehead atoms. The van der Waals surface area contributed by atoms with Crippen LogP contribution in [0.1, 0.15) is 17.3 Å². The van der Waals surface area contributed by atoms with Gasteiger partial charge >= 0.3 is 12.0 Å². The summed E-state index contributed by atoms with van der Waals surface area (Å²) in [5.41, 5.74) is -0.213. The van der Waals surface area contributed by atoms with Crippen LogP contribution in [0, 0.1) is 0 Å². The Labute approximate surface area is 121 Å². The van der Waals surface area contributed by atoms with Crippen molar-refractivity contribution in [1.82, 2.24) is 10.6 Å². The van der Waals surface area contributed by atoms with Crippen LogP contribution < -0.4 is 10.6 Å². The first-order valence-electron chi connectivity index (χ1n) is 5.80. The topological polar surface area (TPSA) is 130 Å². The molecule has 0 spiro atoms. The molecule has 0 aliphatic rings. The number of carboxylic acids is 1. The smallest absolute Gasteiger partial charge is 0.335 e. The van der Waals surface area contributed by atoms with Crippen molar-refractivity contribution in [3.63, 3.8) is 0 Å². The highest BCUT2D eigenvalue weighted by Gasteiger charge is 2.31. The van der Waals surface area contributed by atoms with Gasteiger partial charge in [0.2, 0.25) is 5.91 Å². The molecule has 0 heterocycles. The maximum atomic E-state index is 12.2. The summed E-state index contributed by atoms with van der Waals surface area (Å²) in [4.78, 5) is 33.2. The van der Waals surface area contributed by atoms with Gasteiger partial charge in [0.15, 0.2) is 9.84 Å². The fourth-order valence-corrected chi connectivity index (χ4v) is 2.74. The van der Waals surface area contributed by atoms with Gasteiger partial charge in [0.05, 0.1) is 10.5 Å². The van der Waals surface area contributed by atoms with Crippen molar-refractivity contribution < 1.29 is 27.9 Å². The molecule has 1 rings (SSSR count). The van der Waals surface area contributed by atoms with E-state index < -0.39 is 33.0 Å². The third kappa shape index (κ3) is 3.78. The number of nitrogens with one attached hydrogen (secondary N) is 2. The van der Waals surface area contributed by atoms with E-state index >= 15 is 0 Å². The zero-order chi connectivity index (χ0) is 16.2. The maximum absolute atomic E-state index is 12.2. The summed E-state index contributed by atoms with van der Waals surface area (Å²) in [5, 5.41) is 11.3. The summed E-state index contributed by atoms with van der Waals surface area (Å²) in [6.45, 7) is 1.11. The molecule has 0 aliphatic heterocycles. The third-order valence-corrected chi connectivity index (χ3v) is 4.76. The summed E-state index contributed by atoms with van der Waals surface area (Å²) in [6.07, 6.45) is 0. The van der Waals surface area contributed by atoms with Crippen molar-refractivity contribution in [2.24, 2.45) is 0 Å². The van der Waals surface area contributed by atoms with Crippen molar-refractivity contribution in [3.05, 3.63) is 29.8 Å². The summed E-state index contributed by atoms with van der Waals surface area (Å²) < 4.78 is 24.5. The van der Waals surface area contributed by atoms with Crippen molar-refractivity contribution in [3.8, 4) is 0 Å². The van der Waals surface area contributed by atoms with E-state index in [2.05, 4.69) is 5.32 Å². The van der Waals surface area contributed by atoms with Gasteiger partial charge in [0, 0.05) is 7.05 Å². The summed E-state index contributed by atoms with van der Waals surface area (Å²) in [7, 11) is -2.83. The number of hydrogen-bond donors (Lipinski definition) is 3. The lowest BCUT2D eigenvalue weighted by Gasteiger charge is -2.12. The molecule has 1 aromatic carbocycles. The van der Waals surface area contributed by atoms with Gasteiger partial charge < -0.3 is 10.4 Å². The Kier molecular flexibility index (Phi) is 5.03. The van der Waals surface area contributed by atoms with Gasteiger partial charge in [-0.05, 0) is 25.1 Å². The second kappa shape index (κ2) is 6.35. The summed E-state index contributed by atoms with van der Waals surface area (Å²) in [6, 6.07) is 3.81. The Morgan fingerprint density at radius 2 is 1.86 bits per heavy atom. The number of carbonyl (C=O) groups is 3. The van der Waals surface area contributed by atoms with Crippen LogP contribution in [0.5, 0.6) is 0 Å². The molecule has 1 unspecified atom stereocenters. The number of benzene rings is 1. The van der Waals surface area contributed by atoms with Crippen LogP contribution in [0.4, 0.5) is 4.79 Å². The Morgan fingerprint density at radius 1 is 1.24 bits per heavy atom. The lowest BCUT2D eigenvalue weighted by molar-refractivity contribution is -0.119. The van der Waals surface area contributed by atoms with E-state index in [1.54, 1.807) is 0 Å². The highest BCUT2D eigenvalue weighted by atomic mass is 32.2. The number of imide groups is 1. The molecule has 114 valence electrons. The second-order valence-corrected chi connectivity index (χ2v) is 6.36. The molecule has 21 heavy (non-hydrogen) atoms. The molecule has 3 N–H and O–H groups in total. The molecule has 0 saturated carbocycles. The number of amides is 3. The molecule has 9 heteroatoms. The van der Waals surface area contributed by atoms with E-state index in [4.69, 9.17) is 5.11 Å². The van der Waals surface area contributed by atoms with Crippen LogP contribution in [0.15, 0.2) is 29.2 Å². The summed E-state index contributed by atoms with van der Waals surface area (Å²) in [5.74, 6) is -2.29. The molecule has 3 amide bonds. The minimum absolute atomic E-state index is 0.213. The van der Waals surface area contributed by atoms with E-state index in [1.165, 1.54) is 25.2 Å². The van der Waals surface area contributed by atoms with Crippen molar-refractivity contribution in [2.45, 2.75) is 17.1 Å². The second-order valence-electron chi connectivity index (χ2n) is 4.09. The third-order valence-electron chi connectivity index (χ3n) is 2.71. The van der Waals surface area contributed by atoms with Crippen LogP contribution in [-0.2, 0) is 14.6 Å². The Balaban J connectivity index is 3.10. The molecule has 0 fully saturated rings. The van der Waals surface area contributed by atoms with E-state index in [-0.39, 0.29) is 10.5 Å². The van der Waals surface area contributed by atoms with Gasteiger partial charge in [-0.15, -0.1) is 0 Å². The van der Waals surface area contributed by atoms with Crippen LogP contribution >= 0.6 is 0 Å². The van der Waals surface area contributed by atoms with Crippen molar-refractivity contribution >= 4 is 27.7 Å². The van der Waals surface area contributed by atoms with Gasteiger partial charge in [-0.3, -0.25) is 10.1 Å². The lowest BCUT2D eigenvalue weighted by Crippen LogP contribution is -2.44. The van der Waals surface area contributed by atoms with Gasteiger partial charge in [0.25, 0.3) is 0 Å². The molecule has 0 aliphatic carbocycles. The molecular formula is C12H14N2O6S. The Bertz CT molecular complexity index is 683. The Hall–Kier alpha value is -2.42. The fourth-order valence-electron chi connectivity index (χ4n) is 1.43. The van der Waals surface area contributed by atoms with E-state index in [9.17, 15) is 22.8 Å². The standard InChI is InChI=1S/C12H14N2O6S/c1-7(10(15)14-12(18)13-2)21(19,20)9-5-3-4-8(6-9)11(16)17/h3-7H,1-2H3,(H,16,17)(H2,13,14,15,18). The lowest BCUT2D eigenvalue weighted by atomic mass is 10.2. The largest absolute Gasteiger partial charge is 0.478 e. The predicted octanol–water partition coefficient (Wildman–Crippen LogP) is 0.00260. The first-order chi connectivity index (χ1) is 9.70. The minimum atomic E-state index is -4.10. The molecule has 0 aromatic heterocycles. The SMILES string of the molecule is CNC(=O)NC(=O)C(C)S(=O)(=O)c1cccc(C(=O)O)c1. The number of aromatic carboxylic acids is 1. The first-order valence-corrected chi connectivity index (χ1v) is 7.34. The highest BCUT2D eigenvalue weighted by Crippen LogP contribution is 2.17. The predicted molar refractivity (Wildman–Crippen MR) is 72.6 cm³/mol. The molecule has 0 saturated heterocycles. The Morgan fingerprint density at radius 3 is 2.38 bits per heavy atom. The minimum Gasteiger partial charge on any atom is -0.478 e. The number of sulfone groups is 1. The van der Waals surface area contributed by atoms with E-state index in [0.717, 1.165) is 13.0 Å². The number of urea groups is 1. The number of carbonyl (C=O) groups excluding carboxylic acids is 2. The van der Waals surface area contributed by atoms with Crippen LogP contribution in [0.25, 0.3) is 0 Å². The zero-order valence-electron chi connectivity index (χ0n) is 11.3. The molecular weight excluding hydrogens is 300 g/mol. The molecule has 0 radical (unpaired) electrons. The summed E-state index contributed by atoms with van der Waals surface area (Å²) >= 11 is 0. The van der Waals surface area contributed by atoms with Crippen molar-refractivity contribution in [1.29, 1.82) is 0 Å². The van der Waals surface area contributed by atoms with Gasteiger partial charge in [-0.25, -0.2) is 18.0 Å². The maximum Gasteiger partial charge on any atom is 0.335 e. The van der Waals surface area contributed by atoms with Crippen LogP contribution in [-0.4, -0.2) is 43.7 Å². The normalized spacial score (nSPS) is 12.3. The molecule has 8 nitrogen and oxygen atoms in total. The van der Waals surface area contributed by atoms with E-state index in [0.29, 0.717) is 0 Å². The molecule has 1 atom stereocenters. The monoisotopic (exact) mass is 314 g/mol. The average molecular weight is 314 g/mol. The number of rotatable bonds is 4. The highest BCUT2D eigenvalue weighted by molar-refractivity contribution is 7.92. The zero-order valence-corrected chi connectivity index (χ0v) is 12.1. The van der Waals surface area contributed by atoms with Gasteiger partial charge in [-0.1, -0.05) is 6.07 Å².